The second-order valence-corrected chi connectivity index (χ2v) is 8.07. The Bertz CT molecular complexity index is 1260. The van der Waals surface area contributed by atoms with E-state index >= 15 is 4.39 Å². The molecule has 0 aromatic heterocycles. The van der Waals surface area contributed by atoms with E-state index in [1.54, 1.807) is 36.4 Å². The van der Waals surface area contributed by atoms with E-state index in [9.17, 15) is 8.78 Å². The van der Waals surface area contributed by atoms with Gasteiger partial charge in [0.2, 0.25) is 0 Å². The standard InChI is InChI=1S/C29H25F3O/c1-2-17-33-26-15-12-22(28(31)19-26)8-4-21-7-16-27-24(18-21)11-10-23(29(27)32)9-3-20-5-13-25(30)14-6-20/h2,5-7,10-16,18-19H,1,3-4,8-9,17H2. The monoisotopic (exact) mass is 446 g/mol. The molecule has 0 aliphatic carbocycles. The summed E-state index contributed by atoms with van der Waals surface area (Å²) in [6.45, 7) is 3.91. The zero-order chi connectivity index (χ0) is 23.2. The predicted molar refractivity (Wildman–Crippen MR) is 127 cm³/mol. The highest BCUT2D eigenvalue weighted by atomic mass is 19.1. The summed E-state index contributed by atoms with van der Waals surface area (Å²) >= 11 is 0. The van der Waals surface area contributed by atoms with Gasteiger partial charge in [0.05, 0.1) is 0 Å². The normalized spacial score (nSPS) is 11.0. The Labute approximate surface area is 192 Å². The van der Waals surface area contributed by atoms with Crippen LogP contribution in [0.2, 0.25) is 0 Å². The minimum absolute atomic E-state index is 0.220. The third-order valence-corrected chi connectivity index (χ3v) is 5.77. The van der Waals surface area contributed by atoms with Crippen molar-refractivity contribution < 1.29 is 17.9 Å². The van der Waals surface area contributed by atoms with E-state index in [2.05, 4.69) is 6.58 Å². The third-order valence-electron chi connectivity index (χ3n) is 5.77. The first-order valence-corrected chi connectivity index (χ1v) is 11.0. The molecular formula is C29H25F3O. The van der Waals surface area contributed by atoms with Gasteiger partial charge in [-0.05, 0) is 71.5 Å². The number of ether oxygens (including phenoxy) is 1. The van der Waals surface area contributed by atoms with E-state index in [1.165, 1.54) is 18.2 Å². The molecule has 0 saturated carbocycles. The van der Waals surface area contributed by atoms with Gasteiger partial charge in [0.15, 0.2) is 0 Å². The van der Waals surface area contributed by atoms with E-state index in [0.717, 1.165) is 16.5 Å². The molecule has 0 aliphatic heterocycles. The SMILES string of the molecule is C=CCOc1ccc(CCc2ccc3c(F)c(CCc4ccc(F)cc4)ccc3c2)c(F)c1. The van der Waals surface area contributed by atoms with Crippen molar-refractivity contribution in [3.05, 3.63) is 125 Å². The summed E-state index contributed by atoms with van der Waals surface area (Å²) in [5, 5.41) is 1.40. The van der Waals surface area contributed by atoms with Crippen LogP contribution in [0.1, 0.15) is 22.3 Å². The molecule has 0 fully saturated rings. The lowest BCUT2D eigenvalue weighted by molar-refractivity contribution is 0.360. The van der Waals surface area contributed by atoms with E-state index in [4.69, 9.17) is 4.74 Å². The average Bonchev–Trinajstić information content (AvgIpc) is 2.82. The molecule has 0 unspecified atom stereocenters. The molecule has 0 aliphatic rings. The Morgan fingerprint density at radius 1 is 0.697 bits per heavy atom. The van der Waals surface area contributed by atoms with Crippen molar-refractivity contribution >= 4 is 10.8 Å². The number of benzene rings is 4. The molecule has 4 rings (SSSR count). The summed E-state index contributed by atoms with van der Waals surface area (Å²) < 4.78 is 47.9. The van der Waals surface area contributed by atoms with Crippen LogP contribution in [-0.2, 0) is 25.7 Å². The lowest BCUT2D eigenvalue weighted by Crippen LogP contribution is -1.99. The Morgan fingerprint density at radius 2 is 1.39 bits per heavy atom. The summed E-state index contributed by atoms with van der Waals surface area (Å²) in [6, 6.07) is 20.6. The van der Waals surface area contributed by atoms with Crippen molar-refractivity contribution in [1.82, 2.24) is 0 Å². The zero-order valence-electron chi connectivity index (χ0n) is 18.3. The van der Waals surface area contributed by atoms with Crippen LogP contribution in [-0.4, -0.2) is 6.61 Å². The van der Waals surface area contributed by atoms with E-state index < -0.39 is 0 Å². The fraction of sp³-hybridized carbons (Fsp3) is 0.172. The lowest BCUT2D eigenvalue weighted by atomic mass is 9.97. The molecule has 4 heteroatoms. The van der Waals surface area contributed by atoms with Gasteiger partial charge < -0.3 is 4.74 Å². The van der Waals surface area contributed by atoms with E-state index in [-0.39, 0.29) is 17.5 Å². The van der Waals surface area contributed by atoms with Gasteiger partial charge in [0.1, 0.15) is 29.8 Å². The van der Waals surface area contributed by atoms with E-state index in [1.807, 2.05) is 24.3 Å². The van der Waals surface area contributed by atoms with Crippen LogP contribution in [0.25, 0.3) is 10.8 Å². The number of halogens is 3. The summed E-state index contributed by atoms with van der Waals surface area (Å²) in [7, 11) is 0. The third kappa shape index (κ3) is 5.64. The van der Waals surface area contributed by atoms with Gasteiger partial charge in [-0.2, -0.15) is 0 Å². The Kier molecular flexibility index (Phi) is 7.13. The van der Waals surface area contributed by atoms with Crippen molar-refractivity contribution in [3.8, 4) is 5.75 Å². The molecule has 4 aromatic carbocycles. The van der Waals surface area contributed by atoms with Crippen molar-refractivity contribution in [2.75, 3.05) is 6.61 Å². The molecule has 0 radical (unpaired) electrons. The molecular weight excluding hydrogens is 421 g/mol. The van der Waals surface area contributed by atoms with Gasteiger partial charge in [0.25, 0.3) is 0 Å². The van der Waals surface area contributed by atoms with Crippen LogP contribution in [0.3, 0.4) is 0 Å². The van der Waals surface area contributed by atoms with Crippen LogP contribution in [0, 0.1) is 17.5 Å². The van der Waals surface area contributed by atoms with Crippen molar-refractivity contribution in [1.29, 1.82) is 0 Å². The number of fused-ring (bicyclic) bond motifs is 1. The fourth-order valence-corrected chi connectivity index (χ4v) is 3.92. The van der Waals surface area contributed by atoms with E-state index in [0.29, 0.717) is 54.6 Å². The molecule has 0 N–H and O–H groups in total. The molecule has 1 nitrogen and oxygen atoms in total. The van der Waals surface area contributed by atoms with Crippen molar-refractivity contribution in [2.24, 2.45) is 0 Å². The smallest absolute Gasteiger partial charge is 0.134 e. The number of hydrogen-bond acceptors (Lipinski definition) is 1. The fourth-order valence-electron chi connectivity index (χ4n) is 3.92. The Balaban J connectivity index is 1.43. The van der Waals surface area contributed by atoms with Crippen LogP contribution in [0.5, 0.6) is 5.75 Å². The van der Waals surface area contributed by atoms with Crippen LogP contribution >= 0.6 is 0 Å². The van der Waals surface area contributed by atoms with Gasteiger partial charge in [-0.3, -0.25) is 0 Å². The second kappa shape index (κ2) is 10.4. The quantitative estimate of drug-likeness (QED) is 0.244. The molecule has 0 heterocycles. The lowest BCUT2D eigenvalue weighted by Gasteiger charge is -2.10. The van der Waals surface area contributed by atoms with Gasteiger partial charge in [-0.25, -0.2) is 13.2 Å². The summed E-state index contributed by atoms with van der Waals surface area (Å²) in [5.41, 5.74) is 3.25. The highest BCUT2D eigenvalue weighted by Gasteiger charge is 2.10. The minimum atomic E-state index is -0.297. The Morgan fingerprint density at radius 3 is 2.15 bits per heavy atom. The highest BCUT2D eigenvalue weighted by Crippen LogP contribution is 2.25. The van der Waals surface area contributed by atoms with Crippen LogP contribution < -0.4 is 4.74 Å². The zero-order valence-corrected chi connectivity index (χ0v) is 18.3. The molecule has 168 valence electrons. The molecule has 4 aromatic rings. The molecule has 0 atom stereocenters. The molecule has 0 spiro atoms. The first-order valence-electron chi connectivity index (χ1n) is 11.0. The summed E-state index contributed by atoms with van der Waals surface area (Å²) in [4.78, 5) is 0. The summed E-state index contributed by atoms with van der Waals surface area (Å²) in [6.07, 6.45) is 3.98. The van der Waals surface area contributed by atoms with Gasteiger partial charge in [-0.1, -0.05) is 61.2 Å². The topological polar surface area (TPSA) is 9.23 Å². The van der Waals surface area contributed by atoms with Crippen molar-refractivity contribution in [3.63, 3.8) is 0 Å². The van der Waals surface area contributed by atoms with Gasteiger partial charge >= 0.3 is 0 Å². The maximum absolute atomic E-state index is 15.1. The second-order valence-electron chi connectivity index (χ2n) is 8.07. The first-order chi connectivity index (χ1) is 16.0. The molecule has 33 heavy (non-hydrogen) atoms. The number of aryl methyl sites for hydroxylation is 4. The largest absolute Gasteiger partial charge is 0.489 e. The average molecular weight is 447 g/mol. The maximum Gasteiger partial charge on any atom is 0.134 e. The summed E-state index contributed by atoms with van der Waals surface area (Å²) in [5.74, 6) is -0.312. The minimum Gasteiger partial charge on any atom is -0.489 e. The van der Waals surface area contributed by atoms with Crippen LogP contribution in [0.15, 0.2) is 85.5 Å². The molecule has 0 saturated heterocycles. The molecule has 0 amide bonds. The number of rotatable bonds is 9. The Hall–Kier alpha value is -3.53. The first kappa shape index (κ1) is 22.7. The van der Waals surface area contributed by atoms with Crippen LogP contribution in [0.4, 0.5) is 13.2 Å². The number of hydrogen-bond donors (Lipinski definition) is 0. The van der Waals surface area contributed by atoms with Crippen molar-refractivity contribution in [2.45, 2.75) is 25.7 Å². The molecule has 0 bridgehead atoms. The highest BCUT2D eigenvalue weighted by molar-refractivity contribution is 5.84. The predicted octanol–water partition coefficient (Wildman–Crippen LogP) is 7.39. The maximum atomic E-state index is 15.1. The van der Waals surface area contributed by atoms with Gasteiger partial charge in [0, 0.05) is 11.5 Å². The van der Waals surface area contributed by atoms with Gasteiger partial charge in [-0.15, -0.1) is 0 Å².